The number of methoxy groups -OCH3 is 1. The van der Waals surface area contributed by atoms with Crippen LogP contribution in [0.25, 0.3) is 0 Å². The molecule has 0 spiro atoms. The minimum atomic E-state index is -3.74. The van der Waals surface area contributed by atoms with Crippen LogP contribution in [0.15, 0.2) is 39.9 Å². The van der Waals surface area contributed by atoms with Crippen LogP contribution in [0, 0.1) is 6.92 Å². The van der Waals surface area contributed by atoms with Gasteiger partial charge in [0.1, 0.15) is 6.54 Å². The van der Waals surface area contributed by atoms with Gasteiger partial charge in [-0.1, -0.05) is 17.7 Å². The molecule has 0 radical (unpaired) electrons. The summed E-state index contributed by atoms with van der Waals surface area (Å²) in [6.07, 6.45) is 2.34. The summed E-state index contributed by atoms with van der Waals surface area (Å²) < 4.78 is 30.8. The van der Waals surface area contributed by atoms with Crippen LogP contribution in [0.4, 0.5) is 5.69 Å². The second-order valence-corrected chi connectivity index (χ2v) is 9.17. The number of rotatable bonds is 7. The Morgan fingerprint density at radius 3 is 2.72 bits per heavy atom. The molecule has 0 atom stereocenters. The maximum absolute atomic E-state index is 12.3. The SMILES string of the molecule is COc1cc(/C=N\NC(=O)CN(c2cccc(Cl)c2C)S(C)(=O)=O)cc(Br)c1O. The normalized spacial score (nSPS) is 11.5. The number of hydrazone groups is 1. The Hall–Kier alpha value is -2.30. The lowest BCUT2D eigenvalue weighted by Gasteiger charge is -2.23. The van der Waals surface area contributed by atoms with Crippen LogP contribution in [0.3, 0.4) is 0 Å². The van der Waals surface area contributed by atoms with Crippen molar-refractivity contribution in [1.29, 1.82) is 0 Å². The second-order valence-electron chi connectivity index (χ2n) is 6.00. The summed E-state index contributed by atoms with van der Waals surface area (Å²) in [6, 6.07) is 7.91. The van der Waals surface area contributed by atoms with Crippen molar-refractivity contribution in [2.45, 2.75) is 6.92 Å². The summed E-state index contributed by atoms with van der Waals surface area (Å²) in [6.45, 7) is 1.20. The third-order valence-corrected chi connectivity index (χ3v) is 6.01. The first-order chi connectivity index (χ1) is 13.5. The van der Waals surface area contributed by atoms with E-state index in [4.69, 9.17) is 16.3 Å². The lowest BCUT2D eigenvalue weighted by molar-refractivity contribution is -0.119. The van der Waals surface area contributed by atoms with E-state index >= 15 is 0 Å². The highest BCUT2D eigenvalue weighted by Gasteiger charge is 2.23. The quantitative estimate of drug-likeness (QED) is 0.445. The second kappa shape index (κ2) is 9.47. The first-order valence-corrected chi connectivity index (χ1v) is 11.2. The van der Waals surface area contributed by atoms with Gasteiger partial charge < -0.3 is 9.84 Å². The molecule has 0 fully saturated rings. The van der Waals surface area contributed by atoms with Crippen LogP contribution in [0.5, 0.6) is 11.5 Å². The molecule has 2 aromatic carbocycles. The van der Waals surface area contributed by atoms with E-state index < -0.39 is 22.5 Å². The molecule has 0 aliphatic rings. The largest absolute Gasteiger partial charge is 0.503 e. The number of phenolic OH excluding ortho intramolecular Hbond substituents is 1. The van der Waals surface area contributed by atoms with E-state index in [0.717, 1.165) is 10.6 Å². The third kappa shape index (κ3) is 5.84. The van der Waals surface area contributed by atoms with E-state index in [1.807, 2.05) is 0 Å². The maximum Gasteiger partial charge on any atom is 0.260 e. The molecule has 0 unspecified atom stereocenters. The fraction of sp³-hybridized carbons (Fsp3) is 0.222. The zero-order valence-corrected chi connectivity index (χ0v) is 19.0. The van der Waals surface area contributed by atoms with E-state index in [9.17, 15) is 18.3 Å². The van der Waals surface area contributed by atoms with Gasteiger partial charge in [0.25, 0.3) is 5.91 Å². The van der Waals surface area contributed by atoms with E-state index in [0.29, 0.717) is 26.3 Å². The van der Waals surface area contributed by atoms with Gasteiger partial charge in [0.05, 0.1) is 29.7 Å². The van der Waals surface area contributed by atoms with E-state index in [2.05, 4.69) is 26.5 Å². The number of phenols is 1. The molecule has 1 amide bonds. The van der Waals surface area contributed by atoms with Crippen LogP contribution >= 0.6 is 27.5 Å². The Labute approximate surface area is 182 Å². The van der Waals surface area contributed by atoms with Gasteiger partial charge in [0.2, 0.25) is 10.0 Å². The average Bonchev–Trinajstić information content (AvgIpc) is 2.64. The lowest BCUT2D eigenvalue weighted by atomic mass is 10.2. The minimum absolute atomic E-state index is 0.0608. The third-order valence-electron chi connectivity index (χ3n) is 3.87. The summed E-state index contributed by atoms with van der Waals surface area (Å²) in [7, 11) is -2.33. The summed E-state index contributed by atoms with van der Waals surface area (Å²) >= 11 is 9.26. The summed E-state index contributed by atoms with van der Waals surface area (Å²) in [5, 5.41) is 14.0. The lowest BCUT2D eigenvalue weighted by Crippen LogP contribution is -2.39. The summed E-state index contributed by atoms with van der Waals surface area (Å²) in [4.78, 5) is 12.3. The first kappa shape index (κ1) is 23.0. The number of hydrogen-bond acceptors (Lipinski definition) is 6. The molecule has 8 nitrogen and oxygen atoms in total. The maximum atomic E-state index is 12.3. The number of nitrogens with zero attached hydrogens (tertiary/aromatic N) is 2. The summed E-state index contributed by atoms with van der Waals surface area (Å²) in [5.74, 6) is -0.475. The minimum Gasteiger partial charge on any atom is -0.503 e. The van der Waals surface area contributed by atoms with Gasteiger partial charge in [-0.2, -0.15) is 5.10 Å². The highest BCUT2D eigenvalue weighted by Crippen LogP contribution is 2.34. The monoisotopic (exact) mass is 503 g/mol. The Bertz CT molecular complexity index is 1060. The summed E-state index contributed by atoms with van der Waals surface area (Å²) in [5.41, 5.74) is 3.67. The van der Waals surface area contributed by atoms with Gasteiger partial charge in [-0.3, -0.25) is 9.10 Å². The molecule has 0 bridgehead atoms. The Morgan fingerprint density at radius 2 is 2.10 bits per heavy atom. The van der Waals surface area contributed by atoms with Crippen LogP contribution in [0.1, 0.15) is 11.1 Å². The van der Waals surface area contributed by atoms with Crippen LogP contribution in [-0.2, 0) is 14.8 Å². The number of amides is 1. The van der Waals surface area contributed by atoms with Crippen LogP contribution in [0.2, 0.25) is 5.02 Å². The van der Waals surface area contributed by atoms with Crippen molar-refractivity contribution < 1.29 is 23.1 Å². The van der Waals surface area contributed by atoms with Crippen molar-refractivity contribution in [2.75, 3.05) is 24.2 Å². The van der Waals surface area contributed by atoms with Gasteiger partial charge in [0.15, 0.2) is 11.5 Å². The number of nitrogens with one attached hydrogen (secondary N) is 1. The number of benzene rings is 2. The van der Waals surface area contributed by atoms with Crippen molar-refractivity contribution >= 4 is 55.4 Å². The molecular weight excluding hydrogens is 486 g/mol. The number of aromatic hydroxyl groups is 1. The van der Waals surface area contributed by atoms with Gasteiger partial charge >= 0.3 is 0 Å². The molecule has 2 aromatic rings. The molecule has 2 N–H and O–H groups in total. The highest BCUT2D eigenvalue weighted by atomic mass is 79.9. The average molecular weight is 505 g/mol. The van der Waals surface area contributed by atoms with Gasteiger partial charge in [-0.25, -0.2) is 13.8 Å². The number of anilines is 1. The van der Waals surface area contributed by atoms with Gasteiger partial charge in [0, 0.05) is 5.02 Å². The number of sulfonamides is 1. The number of hydrogen-bond donors (Lipinski definition) is 2. The number of halogens is 2. The zero-order chi connectivity index (χ0) is 21.8. The fourth-order valence-electron chi connectivity index (χ4n) is 2.42. The van der Waals surface area contributed by atoms with Crippen molar-refractivity contribution in [2.24, 2.45) is 5.10 Å². The van der Waals surface area contributed by atoms with E-state index in [-0.39, 0.29) is 11.5 Å². The first-order valence-electron chi connectivity index (χ1n) is 8.15. The number of ether oxygens (including phenoxy) is 1. The molecule has 0 saturated heterocycles. The standard InChI is InChI=1S/C18H19BrClN3O5S/c1-11-14(20)5-4-6-15(11)23(29(3,26)27)10-17(24)22-21-9-12-7-13(19)18(25)16(8-12)28-2/h4-9,25H,10H2,1-3H3,(H,22,24)/b21-9-. The highest BCUT2D eigenvalue weighted by molar-refractivity contribution is 9.10. The molecule has 0 heterocycles. The van der Waals surface area contributed by atoms with Crippen molar-refractivity contribution in [3.05, 3.63) is 51.0 Å². The molecule has 29 heavy (non-hydrogen) atoms. The number of carbonyl (C=O) groups excluding carboxylic acids is 1. The Morgan fingerprint density at radius 1 is 1.41 bits per heavy atom. The molecule has 2 rings (SSSR count). The van der Waals surface area contributed by atoms with Gasteiger partial charge in [-0.05, 0) is 58.2 Å². The van der Waals surface area contributed by atoms with Crippen molar-refractivity contribution in [3.63, 3.8) is 0 Å². The van der Waals surface area contributed by atoms with Crippen molar-refractivity contribution in [3.8, 4) is 11.5 Å². The molecule has 156 valence electrons. The molecule has 0 aliphatic carbocycles. The predicted molar refractivity (Wildman–Crippen MR) is 116 cm³/mol. The molecule has 11 heteroatoms. The number of carbonyl (C=O) groups is 1. The van der Waals surface area contributed by atoms with E-state index in [1.54, 1.807) is 31.2 Å². The Kier molecular flexibility index (Phi) is 7.50. The van der Waals surface area contributed by atoms with Gasteiger partial charge in [-0.15, -0.1) is 0 Å². The molecular formula is C18H19BrClN3O5S. The predicted octanol–water partition coefficient (Wildman–Crippen LogP) is 3.04. The molecule has 0 saturated carbocycles. The smallest absolute Gasteiger partial charge is 0.260 e. The Balaban J connectivity index is 2.17. The van der Waals surface area contributed by atoms with E-state index in [1.165, 1.54) is 19.4 Å². The fourth-order valence-corrected chi connectivity index (χ4v) is 3.95. The van der Waals surface area contributed by atoms with Crippen LogP contribution in [-0.4, -0.2) is 45.6 Å². The zero-order valence-electron chi connectivity index (χ0n) is 15.8. The molecule has 0 aliphatic heterocycles. The van der Waals surface area contributed by atoms with Crippen LogP contribution < -0.4 is 14.5 Å². The topological polar surface area (TPSA) is 108 Å². The van der Waals surface area contributed by atoms with Crippen molar-refractivity contribution in [1.82, 2.24) is 5.43 Å². The molecule has 0 aromatic heterocycles.